The van der Waals surface area contributed by atoms with Crippen molar-refractivity contribution in [3.8, 4) is 28.9 Å². The molecule has 3 heterocycles. The summed E-state index contributed by atoms with van der Waals surface area (Å²) in [5.41, 5.74) is 6.69. The number of nitrogen functional groups attached to an aromatic ring is 1. The first kappa shape index (κ1) is 12.0. The van der Waals surface area contributed by atoms with Gasteiger partial charge in [0.2, 0.25) is 11.7 Å². The van der Waals surface area contributed by atoms with E-state index in [9.17, 15) is 0 Å². The molecule has 0 saturated carbocycles. The van der Waals surface area contributed by atoms with E-state index in [1.54, 1.807) is 30.5 Å². The number of rotatable bonds is 3. The third-order valence-electron chi connectivity index (χ3n) is 2.54. The zero-order valence-electron chi connectivity index (χ0n) is 10.5. The van der Waals surface area contributed by atoms with Gasteiger partial charge in [-0.25, -0.2) is 4.98 Å². The molecule has 8 heteroatoms. The Labute approximate surface area is 113 Å². The van der Waals surface area contributed by atoms with Gasteiger partial charge in [0, 0.05) is 12.3 Å². The summed E-state index contributed by atoms with van der Waals surface area (Å²) in [6.45, 7) is 0. The number of ether oxygens (including phenoxy) is 1. The second kappa shape index (κ2) is 4.92. The molecule has 2 N–H and O–H groups in total. The predicted octanol–water partition coefficient (Wildman–Crippen LogP) is 1.18. The van der Waals surface area contributed by atoms with Gasteiger partial charge >= 0.3 is 0 Å². The Balaban J connectivity index is 1.91. The van der Waals surface area contributed by atoms with E-state index in [0.29, 0.717) is 34.7 Å². The number of hydrogen-bond acceptors (Lipinski definition) is 8. The molecule has 3 aromatic heterocycles. The number of hydrogen-bond donors (Lipinski definition) is 1. The highest BCUT2D eigenvalue weighted by molar-refractivity contribution is 5.57. The predicted molar refractivity (Wildman–Crippen MR) is 69.5 cm³/mol. The molecular weight excluding hydrogens is 260 g/mol. The fourth-order valence-corrected chi connectivity index (χ4v) is 1.52. The van der Waals surface area contributed by atoms with Crippen molar-refractivity contribution in [2.75, 3.05) is 12.8 Å². The standard InChI is InChI=1S/C12H10N6O2/c1-19-10-5-3-8(16-17-10)11-15-12(20-18-11)7-2-4-9(13)14-6-7/h2-6H,1H3,(H2,13,14). The van der Waals surface area contributed by atoms with Gasteiger partial charge < -0.3 is 15.0 Å². The van der Waals surface area contributed by atoms with Crippen LogP contribution in [-0.2, 0) is 0 Å². The van der Waals surface area contributed by atoms with Gasteiger partial charge in [0.05, 0.1) is 12.7 Å². The maximum Gasteiger partial charge on any atom is 0.259 e. The third kappa shape index (κ3) is 2.26. The van der Waals surface area contributed by atoms with Crippen molar-refractivity contribution in [2.45, 2.75) is 0 Å². The van der Waals surface area contributed by atoms with Crippen molar-refractivity contribution in [1.29, 1.82) is 0 Å². The Bertz CT molecular complexity index is 708. The topological polar surface area (TPSA) is 113 Å². The van der Waals surface area contributed by atoms with E-state index in [-0.39, 0.29) is 0 Å². The van der Waals surface area contributed by atoms with Gasteiger partial charge in [0.25, 0.3) is 5.89 Å². The highest BCUT2D eigenvalue weighted by Gasteiger charge is 2.12. The summed E-state index contributed by atoms with van der Waals surface area (Å²) < 4.78 is 10.1. The van der Waals surface area contributed by atoms with Crippen LogP contribution < -0.4 is 10.5 Å². The fourth-order valence-electron chi connectivity index (χ4n) is 1.52. The van der Waals surface area contributed by atoms with Gasteiger partial charge in [-0.15, -0.1) is 10.2 Å². The van der Waals surface area contributed by atoms with E-state index in [2.05, 4.69) is 25.3 Å². The molecule has 0 aliphatic carbocycles. The van der Waals surface area contributed by atoms with Crippen LogP contribution >= 0.6 is 0 Å². The number of aromatic nitrogens is 5. The second-order valence-electron chi connectivity index (χ2n) is 3.86. The maximum atomic E-state index is 5.52. The number of methoxy groups -OCH3 is 1. The zero-order valence-corrected chi connectivity index (χ0v) is 10.5. The van der Waals surface area contributed by atoms with Crippen molar-refractivity contribution in [3.63, 3.8) is 0 Å². The lowest BCUT2D eigenvalue weighted by Gasteiger charge is -1.96. The van der Waals surface area contributed by atoms with Crippen LogP contribution in [0, 0.1) is 0 Å². The maximum absolute atomic E-state index is 5.52. The largest absolute Gasteiger partial charge is 0.480 e. The molecule has 0 unspecified atom stereocenters. The van der Waals surface area contributed by atoms with Gasteiger partial charge in [-0.3, -0.25) is 0 Å². The smallest absolute Gasteiger partial charge is 0.259 e. The zero-order chi connectivity index (χ0) is 13.9. The number of nitrogens with zero attached hydrogens (tertiary/aromatic N) is 5. The molecule has 0 aromatic carbocycles. The molecule has 0 aliphatic rings. The van der Waals surface area contributed by atoms with Gasteiger partial charge in [-0.05, 0) is 18.2 Å². The van der Waals surface area contributed by atoms with Crippen LogP contribution in [0.5, 0.6) is 5.88 Å². The molecular formula is C12H10N6O2. The van der Waals surface area contributed by atoms with E-state index >= 15 is 0 Å². The average molecular weight is 270 g/mol. The molecule has 3 rings (SSSR count). The van der Waals surface area contributed by atoms with E-state index in [0.717, 1.165) is 0 Å². The van der Waals surface area contributed by atoms with Crippen LogP contribution in [0.25, 0.3) is 23.0 Å². The van der Waals surface area contributed by atoms with Gasteiger partial charge in [0.15, 0.2) is 0 Å². The second-order valence-corrected chi connectivity index (χ2v) is 3.86. The number of anilines is 1. The monoisotopic (exact) mass is 270 g/mol. The first-order valence-electron chi connectivity index (χ1n) is 5.70. The SMILES string of the molecule is COc1ccc(-c2noc(-c3ccc(N)nc3)n2)nn1. The van der Waals surface area contributed by atoms with Gasteiger partial charge in [-0.1, -0.05) is 5.16 Å². The van der Waals surface area contributed by atoms with Gasteiger partial charge in [-0.2, -0.15) is 4.98 Å². The summed E-state index contributed by atoms with van der Waals surface area (Å²) in [5.74, 6) is 1.52. The summed E-state index contributed by atoms with van der Waals surface area (Å²) in [6, 6.07) is 6.77. The Morgan fingerprint density at radius 2 is 2.05 bits per heavy atom. The third-order valence-corrected chi connectivity index (χ3v) is 2.54. The highest BCUT2D eigenvalue weighted by Crippen LogP contribution is 2.21. The van der Waals surface area contributed by atoms with E-state index < -0.39 is 0 Å². The molecule has 0 aliphatic heterocycles. The number of pyridine rings is 1. The molecule has 0 atom stereocenters. The normalized spacial score (nSPS) is 10.4. The minimum Gasteiger partial charge on any atom is -0.480 e. The molecule has 0 radical (unpaired) electrons. The van der Waals surface area contributed by atoms with Crippen molar-refractivity contribution < 1.29 is 9.26 Å². The molecule has 20 heavy (non-hydrogen) atoms. The first-order chi connectivity index (χ1) is 9.76. The Hall–Kier alpha value is -3.03. The fraction of sp³-hybridized carbons (Fsp3) is 0.0833. The molecule has 100 valence electrons. The van der Waals surface area contributed by atoms with Crippen molar-refractivity contribution in [1.82, 2.24) is 25.3 Å². The van der Waals surface area contributed by atoms with Crippen LogP contribution in [0.1, 0.15) is 0 Å². The lowest BCUT2D eigenvalue weighted by Crippen LogP contribution is -1.93. The lowest BCUT2D eigenvalue weighted by atomic mass is 10.3. The van der Waals surface area contributed by atoms with Crippen LogP contribution in [-0.4, -0.2) is 32.4 Å². The molecule has 0 fully saturated rings. The van der Waals surface area contributed by atoms with E-state index in [4.69, 9.17) is 15.0 Å². The lowest BCUT2D eigenvalue weighted by molar-refractivity contribution is 0.392. The molecule has 0 saturated heterocycles. The van der Waals surface area contributed by atoms with E-state index in [1.165, 1.54) is 7.11 Å². The summed E-state index contributed by atoms with van der Waals surface area (Å²) in [6.07, 6.45) is 1.56. The first-order valence-corrected chi connectivity index (χ1v) is 5.70. The summed E-state index contributed by atoms with van der Waals surface area (Å²) >= 11 is 0. The molecule has 0 spiro atoms. The Kier molecular flexibility index (Phi) is 2.96. The van der Waals surface area contributed by atoms with Crippen molar-refractivity contribution in [2.24, 2.45) is 0 Å². The molecule has 0 amide bonds. The minimum atomic E-state index is 0.338. The summed E-state index contributed by atoms with van der Waals surface area (Å²) in [5, 5.41) is 11.6. The van der Waals surface area contributed by atoms with Crippen molar-refractivity contribution in [3.05, 3.63) is 30.5 Å². The van der Waals surface area contributed by atoms with Crippen LogP contribution in [0.2, 0.25) is 0 Å². The minimum absolute atomic E-state index is 0.338. The average Bonchev–Trinajstić information content (AvgIpc) is 2.98. The molecule has 3 aromatic rings. The van der Waals surface area contributed by atoms with Crippen molar-refractivity contribution >= 4 is 5.82 Å². The number of nitrogens with two attached hydrogens (primary N) is 1. The molecule has 8 nitrogen and oxygen atoms in total. The summed E-state index contributed by atoms with van der Waals surface area (Å²) in [4.78, 5) is 8.20. The van der Waals surface area contributed by atoms with Gasteiger partial charge in [0.1, 0.15) is 11.5 Å². The quantitative estimate of drug-likeness (QED) is 0.754. The Morgan fingerprint density at radius 3 is 2.70 bits per heavy atom. The van der Waals surface area contributed by atoms with Crippen LogP contribution in [0.15, 0.2) is 35.0 Å². The van der Waals surface area contributed by atoms with Crippen LogP contribution in [0.3, 0.4) is 0 Å². The highest BCUT2D eigenvalue weighted by atomic mass is 16.5. The van der Waals surface area contributed by atoms with Crippen LogP contribution in [0.4, 0.5) is 5.82 Å². The Morgan fingerprint density at radius 1 is 1.15 bits per heavy atom. The molecule has 0 bridgehead atoms. The summed E-state index contributed by atoms with van der Waals surface area (Å²) in [7, 11) is 1.52. The van der Waals surface area contributed by atoms with E-state index in [1.807, 2.05) is 0 Å².